The highest BCUT2D eigenvalue weighted by Crippen LogP contribution is 2.24. The number of aryl methyl sites for hydroxylation is 1. The second-order valence-electron chi connectivity index (χ2n) is 5.65. The molecule has 128 valence electrons. The van der Waals surface area contributed by atoms with E-state index >= 15 is 0 Å². The van der Waals surface area contributed by atoms with Crippen molar-refractivity contribution >= 4 is 34.1 Å². The first-order valence-corrected chi connectivity index (χ1v) is 9.37. The fraction of sp³-hybridized carbons (Fsp3) is 0.400. The van der Waals surface area contributed by atoms with Crippen molar-refractivity contribution in [3.63, 3.8) is 0 Å². The summed E-state index contributed by atoms with van der Waals surface area (Å²) in [6.45, 7) is 0.814. The van der Waals surface area contributed by atoms with Crippen LogP contribution >= 0.6 is 11.6 Å². The number of halogens is 1. The Bertz CT molecular complexity index is 749. The molecule has 3 rings (SSSR count). The lowest BCUT2D eigenvalue weighted by Crippen LogP contribution is -2.44. The monoisotopic (exact) mass is 367 g/mol. The van der Waals surface area contributed by atoms with Crippen molar-refractivity contribution in [1.29, 1.82) is 0 Å². The first-order chi connectivity index (χ1) is 11.5. The number of pyridine rings is 1. The van der Waals surface area contributed by atoms with Crippen LogP contribution in [0.25, 0.3) is 0 Å². The van der Waals surface area contributed by atoms with Gasteiger partial charge in [-0.05, 0) is 12.1 Å². The molecule has 1 aliphatic rings. The molecule has 0 aromatic carbocycles. The van der Waals surface area contributed by atoms with E-state index in [1.54, 1.807) is 23.0 Å². The van der Waals surface area contributed by atoms with E-state index in [4.69, 9.17) is 11.6 Å². The van der Waals surface area contributed by atoms with E-state index in [2.05, 4.69) is 15.4 Å². The molecule has 0 bridgehead atoms. The normalized spacial score (nSPS) is 21.6. The predicted octanol–water partition coefficient (Wildman–Crippen LogP) is 1.21. The molecule has 1 saturated heterocycles. The fourth-order valence-corrected chi connectivity index (χ4v) is 4.14. The summed E-state index contributed by atoms with van der Waals surface area (Å²) in [6.07, 6.45) is 5.15. The Labute approximate surface area is 147 Å². The van der Waals surface area contributed by atoms with Crippen molar-refractivity contribution in [3.8, 4) is 0 Å². The van der Waals surface area contributed by atoms with Gasteiger partial charge in [-0.3, -0.25) is 18.6 Å². The van der Waals surface area contributed by atoms with E-state index in [0.29, 0.717) is 28.9 Å². The highest BCUT2D eigenvalue weighted by atomic mass is 35.5. The highest BCUT2D eigenvalue weighted by Gasteiger charge is 2.30. The second-order valence-corrected chi connectivity index (χ2v) is 7.71. The molecule has 1 fully saturated rings. The molecular weight excluding hydrogens is 350 g/mol. The average Bonchev–Trinajstić information content (AvgIpc) is 2.98. The second kappa shape index (κ2) is 7.42. The van der Waals surface area contributed by atoms with Gasteiger partial charge in [0.15, 0.2) is 0 Å². The molecule has 0 unspecified atom stereocenters. The van der Waals surface area contributed by atoms with Crippen LogP contribution in [0.1, 0.15) is 11.6 Å². The Morgan fingerprint density at radius 3 is 2.96 bits per heavy atom. The molecule has 1 N–H and O–H groups in total. The number of amides is 1. The summed E-state index contributed by atoms with van der Waals surface area (Å²) in [5.41, 5.74) is 0.975. The van der Waals surface area contributed by atoms with Gasteiger partial charge in [0, 0.05) is 59.9 Å². The van der Waals surface area contributed by atoms with Crippen molar-refractivity contribution in [2.24, 2.45) is 7.05 Å². The first kappa shape index (κ1) is 17.1. The fourth-order valence-electron chi connectivity index (χ4n) is 2.66. The van der Waals surface area contributed by atoms with Gasteiger partial charge in [0.05, 0.1) is 17.8 Å². The van der Waals surface area contributed by atoms with Crippen molar-refractivity contribution in [2.45, 2.75) is 6.04 Å². The Morgan fingerprint density at radius 1 is 1.46 bits per heavy atom. The molecule has 0 radical (unpaired) electrons. The zero-order valence-electron chi connectivity index (χ0n) is 13.2. The number of hydrogen-bond donors (Lipinski definition) is 1. The van der Waals surface area contributed by atoms with Crippen LogP contribution in [0.4, 0.5) is 5.82 Å². The third-order valence-corrected chi connectivity index (χ3v) is 5.39. The van der Waals surface area contributed by atoms with Crippen molar-refractivity contribution in [3.05, 3.63) is 41.3 Å². The third-order valence-electron chi connectivity index (χ3n) is 3.84. The lowest BCUT2D eigenvalue weighted by Gasteiger charge is -2.34. The molecule has 2 aromatic heterocycles. The van der Waals surface area contributed by atoms with Crippen molar-refractivity contribution in [1.82, 2.24) is 19.7 Å². The molecule has 2 atom stereocenters. The number of nitrogens with one attached hydrogen (secondary N) is 1. The first-order valence-electron chi connectivity index (χ1n) is 7.50. The topological polar surface area (TPSA) is 80.1 Å². The predicted molar refractivity (Wildman–Crippen MR) is 93.3 cm³/mol. The molecule has 7 nitrogen and oxygen atoms in total. The van der Waals surface area contributed by atoms with Crippen molar-refractivity contribution < 1.29 is 9.00 Å². The standard InChI is InChI=1S/C15H18ClN5O2S/c1-20-8-11(6-18-20)13-10-24(23)5-4-21(13)9-15(22)19-14-3-2-12(16)7-17-14/h2-3,6-8,13H,4-5,9-10H2,1H3,(H,17,19,22)/t13-,24-/m1/s1. The lowest BCUT2D eigenvalue weighted by molar-refractivity contribution is -0.117. The lowest BCUT2D eigenvalue weighted by atomic mass is 10.1. The van der Waals surface area contributed by atoms with Crippen LogP contribution in [0.5, 0.6) is 0 Å². The smallest absolute Gasteiger partial charge is 0.239 e. The number of hydrogen-bond acceptors (Lipinski definition) is 5. The van der Waals surface area contributed by atoms with E-state index in [-0.39, 0.29) is 18.5 Å². The van der Waals surface area contributed by atoms with Gasteiger partial charge in [0.2, 0.25) is 5.91 Å². The van der Waals surface area contributed by atoms with Gasteiger partial charge >= 0.3 is 0 Å². The summed E-state index contributed by atoms with van der Waals surface area (Å²) >= 11 is 5.79. The SMILES string of the molecule is Cn1cc([C@H]2C[S@](=O)CCN2CC(=O)Nc2ccc(Cl)cn2)cn1. The molecule has 0 spiro atoms. The maximum atomic E-state index is 12.3. The van der Waals surface area contributed by atoms with Gasteiger partial charge in [-0.15, -0.1) is 0 Å². The third kappa shape index (κ3) is 4.19. The molecule has 2 aromatic rings. The van der Waals surface area contributed by atoms with Crippen LogP contribution < -0.4 is 5.32 Å². The summed E-state index contributed by atoms with van der Waals surface area (Å²) in [5, 5.41) is 7.45. The minimum atomic E-state index is -0.875. The van der Waals surface area contributed by atoms with Gasteiger partial charge in [-0.25, -0.2) is 4.98 Å². The van der Waals surface area contributed by atoms with Crippen LogP contribution in [0.3, 0.4) is 0 Å². The molecule has 0 aliphatic carbocycles. The van der Waals surface area contributed by atoms with E-state index < -0.39 is 10.8 Å². The number of carbonyl (C=O) groups is 1. The molecule has 24 heavy (non-hydrogen) atoms. The largest absolute Gasteiger partial charge is 0.310 e. The Kier molecular flexibility index (Phi) is 5.27. The van der Waals surface area contributed by atoms with Gasteiger partial charge in [0.1, 0.15) is 5.82 Å². The van der Waals surface area contributed by atoms with Gasteiger partial charge in [-0.2, -0.15) is 5.10 Å². The highest BCUT2D eigenvalue weighted by molar-refractivity contribution is 7.85. The maximum absolute atomic E-state index is 12.3. The summed E-state index contributed by atoms with van der Waals surface area (Å²) in [6, 6.07) is 3.26. The van der Waals surface area contributed by atoms with Crippen LogP contribution in [0, 0.1) is 0 Å². The van der Waals surface area contributed by atoms with Crippen LogP contribution in [-0.2, 0) is 22.6 Å². The average molecular weight is 368 g/mol. The van der Waals surface area contributed by atoms with Crippen molar-refractivity contribution in [2.75, 3.05) is 29.9 Å². The quantitative estimate of drug-likeness (QED) is 0.878. The van der Waals surface area contributed by atoms with Crippen LogP contribution in [0.2, 0.25) is 5.02 Å². The summed E-state index contributed by atoms with van der Waals surface area (Å²) in [4.78, 5) is 18.4. The number of nitrogens with zero attached hydrogens (tertiary/aromatic N) is 4. The zero-order valence-corrected chi connectivity index (χ0v) is 14.8. The number of rotatable bonds is 4. The van der Waals surface area contributed by atoms with Gasteiger partial charge < -0.3 is 5.32 Å². The Morgan fingerprint density at radius 2 is 2.29 bits per heavy atom. The molecule has 9 heteroatoms. The molecular formula is C15H18ClN5O2S. The van der Waals surface area contributed by atoms with E-state index in [1.807, 2.05) is 18.1 Å². The number of carbonyl (C=O) groups excluding carboxylic acids is 1. The van der Waals surface area contributed by atoms with Crippen LogP contribution in [0.15, 0.2) is 30.7 Å². The molecule has 3 heterocycles. The van der Waals surface area contributed by atoms with Gasteiger partial charge in [0.25, 0.3) is 0 Å². The number of anilines is 1. The minimum Gasteiger partial charge on any atom is -0.310 e. The van der Waals surface area contributed by atoms with Crippen LogP contribution in [-0.4, -0.2) is 54.4 Å². The molecule has 0 saturated carbocycles. The Balaban J connectivity index is 1.68. The summed E-state index contributed by atoms with van der Waals surface area (Å²) < 4.78 is 13.7. The Hall–Kier alpha value is -1.77. The zero-order chi connectivity index (χ0) is 17.1. The minimum absolute atomic E-state index is 0.0720. The maximum Gasteiger partial charge on any atom is 0.239 e. The van der Waals surface area contributed by atoms with E-state index in [9.17, 15) is 9.00 Å². The van der Waals surface area contributed by atoms with Gasteiger partial charge in [-0.1, -0.05) is 11.6 Å². The summed E-state index contributed by atoms with van der Waals surface area (Å²) in [5.74, 6) is 1.39. The van der Waals surface area contributed by atoms with E-state index in [0.717, 1.165) is 5.56 Å². The molecule has 1 amide bonds. The van der Waals surface area contributed by atoms with E-state index in [1.165, 1.54) is 6.20 Å². The number of aromatic nitrogens is 3. The molecule has 1 aliphatic heterocycles. The summed E-state index contributed by atoms with van der Waals surface area (Å²) in [7, 11) is 0.965.